The summed E-state index contributed by atoms with van der Waals surface area (Å²) in [4.78, 5) is 66.9. The second-order valence-corrected chi connectivity index (χ2v) is 8.83. The zero-order valence-electron chi connectivity index (χ0n) is 20.8. The lowest BCUT2D eigenvalue weighted by molar-refractivity contribution is -0.144. The molecule has 0 saturated heterocycles. The number of nitrogens with one attached hydrogen (secondary N) is 1. The number of carbonyl (C=O) groups excluding carboxylic acids is 5. The lowest BCUT2D eigenvalue weighted by atomic mass is 10.1. The van der Waals surface area contributed by atoms with Gasteiger partial charge < -0.3 is 15.0 Å². The predicted octanol–water partition coefficient (Wildman–Crippen LogP) is 2.89. The molecule has 0 unspecified atom stereocenters. The van der Waals surface area contributed by atoms with E-state index in [1.54, 1.807) is 54.6 Å². The number of carbonyl (C=O) groups is 5. The van der Waals surface area contributed by atoms with E-state index in [-0.39, 0.29) is 25.4 Å². The van der Waals surface area contributed by atoms with Crippen LogP contribution in [0.25, 0.3) is 0 Å². The molecule has 0 saturated carbocycles. The molecule has 1 N–H and O–H groups in total. The van der Waals surface area contributed by atoms with E-state index < -0.39 is 36.3 Å². The molecule has 9 nitrogen and oxygen atoms in total. The monoisotopic (exact) mass is 513 g/mol. The molecule has 38 heavy (non-hydrogen) atoms. The molecule has 3 aromatic carbocycles. The highest BCUT2D eigenvalue weighted by Gasteiger charge is 2.38. The van der Waals surface area contributed by atoms with Crippen LogP contribution in [0.5, 0.6) is 0 Å². The number of anilines is 2. The number of benzene rings is 3. The van der Waals surface area contributed by atoms with Crippen molar-refractivity contribution >= 4 is 40.8 Å². The molecule has 0 bridgehead atoms. The first-order valence-corrected chi connectivity index (χ1v) is 12.1. The fourth-order valence-corrected chi connectivity index (χ4v) is 4.15. The number of rotatable bonds is 8. The number of nitrogens with zero attached hydrogens (tertiary/aromatic N) is 2. The van der Waals surface area contributed by atoms with Crippen molar-refractivity contribution in [2.24, 2.45) is 0 Å². The van der Waals surface area contributed by atoms with Crippen molar-refractivity contribution in [3.63, 3.8) is 0 Å². The van der Waals surface area contributed by atoms with Crippen molar-refractivity contribution in [1.29, 1.82) is 0 Å². The zero-order chi connectivity index (χ0) is 27.1. The van der Waals surface area contributed by atoms with E-state index in [9.17, 15) is 24.0 Å². The van der Waals surface area contributed by atoms with Gasteiger partial charge in [0.15, 0.2) is 0 Å². The Hall–Kier alpha value is -4.79. The van der Waals surface area contributed by atoms with Gasteiger partial charge >= 0.3 is 5.97 Å². The zero-order valence-corrected chi connectivity index (χ0v) is 20.8. The first kappa shape index (κ1) is 26.3. The normalized spacial score (nSPS) is 14.8. The summed E-state index contributed by atoms with van der Waals surface area (Å²) in [5.41, 5.74) is 1.76. The summed E-state index contributed by atoms with van der Waals surface area (Å²) in [6, 6.07) is 22.9. The van der Waals surface area contributed by atoms with Gasteiger partial charge in [-0.15, -0.1) is 0 Å². The average Bonchev–Trinajstić information content (AvgIpc) is 3.03. The molecule has 0 aliphatic carbocycles. The minimum Gasteiger partial charge on any atom is -0.459 e. The minimum absolute atomic E-state index is 0.0285. The molecule has 0 spiro atoms. The third-order valence-corrected chi connectivity index (χ3v) is 5.96. The summed E-state index contributed by atoms with van der Waals surface area (Å²) in [5.74, 6) is -2.62. The van der Waals surface area contributed by atoms with Gasteiger partial charge in [0, 0.05) is 5.56 Å². The molecule has 3 aromatic rings. The SMILES string of the molecule is CC(=O)CC(=O)N1C[C@H](NC(=O)c2ccccc2)C(=O)N(CC(=O)OCc2ccccc2)c2ccccc21. The van der Waals surface area contributed by atoms with Crippen LogP contribution in [0.2, 0.25) is 0 Å². The summed E-state index contributed by atoms with van der Waals surface area (Å²) in [6.07, 6.45) is -0.374. The number of para-hydroxylation sites is 2. The highest BCUT2D eigenvalue weighted by molar-refractivity contribution is 6.12. The average molecular weight is 514 g/mol. The maximum absolute atomic E-state index is 13.8. The Labute approximate surface area is 220 Å². The van der Waals surface area contributed by atoms with E-state index in [1.807, 2.05) is 30.3 Å². The Morgan fingerprint density at radius 1 is 0.868 bits per heavy atom. The number of ether oxygens (including phenoxy) is 1. The van der Waals surface area contributed by atoms with E-state index in [2.05, 4.69) is 5.32 Å². The molecule has 0 aromatic heterocycles. The van der Waals surface area contributed by atoms with Crippen LogP contribution >= 0.6 is 0 Å². The Bertz CT molecular complexity index is 1340. The maximum Gasteiger partial charge on any atom is 0.326 e. The molecule has 0 fully saturated rings. The summed E-state index contributed by atoms with van der Waals surface area (Å²) in [5, 5.41) is 2.70. The van der Waals surface area contributed by atoms with Crippen LogP contribution in [-0.4, -0.2) is 48.6 Å². The second-order valence-electron chi connectivity index (χ2n) is 8.83. The Morgan fingerprint density at radius 3 is 2.13 bits per heavy atom. The van der Waals surface area contributed by atoms with Crippen LogP contribution < -0.4 is 15.1 Å². The van der Waals surface area contributed by atoms with Gasteiger partial charge in [-0.05, 0) is 36.8 Å². The molecule has 194 valence electrons. The van der Waals surface area contributed by atoms with Gasteiger partial charge in [-0.3, -0.25) is 28.9 Å². The highest BCUT2D eigenvalue weighted by atomic mass is 16.5. The number of fused-ring (bicyclic) bond motifs is 1. The van der Waals surface area contributed by atoms with Gasteiger partial charge in [0.2, 0.25) is 5.91 Å². The van der Waals surface area contributed by atoms with Crippen LogP contribution in [0.15, 0.2) is 84.9 Å². The molecule has 3 amide bonds. The number of amides is 3. The summed E-state index contributed by atoms with van der Waals surface area (Å²) < 4.78 is 5.40. The quantitative estimate of drug-likeness (QED) is 0.366. The van der Waals surface area contributed by atoms with Crippen LogP contribution in [-0.2, 0) is 30.5 Å². The molecular formula is C29H27N3O6. The van der Waals surface area contributed by atoms with Gasteiger partial charge in [-0.2, -0.15) is 0 Å². The largest absolute Gasteiger partial charge is 0.459 e. The van der Waals surface area contributed by atoms with E-state index >= 15 is 0 Å². The lowest BCUT2D eigenvalue weighted by Crippen LogP contribution is -2.53. The van der Waals surface area contributed by atoms with Crippen molar-refractivity contribution in [2.75, 3.05) is 22.9 Å². The van der Waals surface area contributed by atoms with Gasteiger partial charge in [0.25, 0.3) is 11.8 Å². The lowest BCUT2D eigenvalue weighted by Gasteiger charge is -2.24. The third kappa shape index (κ3) is 6.31. The second kappa shape index (κ2) is 12.0. The van der Waals surface area contributed by atoms with Crippen molar-refractivity contribution < 1.29 is 28.7 Å². The molecule has 0 radical (unpaired) electrons. The van der Waals surface area contributed by atoms with E-state index in [1.165, 1.54) is 16.7 Å². The van der Waals surface area contributed by atoms with Crippen molar-refractivity contribution in [3.05, 3.63) is 96.1 Å². The maximum atomic E-state index is 13.8. The van der Waals surface area contributed by atoms with E-state index in [0.29, 0.717) is 16.9 Å². The Balaban J connectivity index is 1.65. The number of esters is 1. The van der Waals surface area contributed by atoms with E-state index in [0.717, 1.165) is 5.56 Å². The van der Waals surface area contributed by atoms with Gasteiger partial charge in [0.1, 0.15) is 25.0 Å². The molecular weight excluding hydrogens is 486 g/mol. The molecule has 1 atom stereocenters. The number of ketones is 1. The number of hydrogen-bond acceptors (Lipinski definition) is 6. The molecule has 9 heteroatoms. The van der Waals surface area contributed by atoms with Crippen LogP contribution in [0.1, 0.15) is 29.3 Å². The van der Waals surface area contributed by atoms with Crippen LogP contribution in [0.4, 0.5) is 11.4 Å². The summed E-state index contributed by atoms with van der Waals surface area (Å²) in [7, 11) is 0. The van der Waals surface area contributed by atoms with Crippen LogP contribution in [0, 0.1) is 0 Å². The third-order valence-electron chi connectivity index (χ3n) is 5.96. The van der Waals surface area contributed by atoms with Crippen molar-refractivity contribution in [3.8, 4) is 0 Å². The predicted molar refractivity (Wildman–Crippen MR) is 140 cm³/mol. The molecule has 1 aliphatic rings. The topological polar surface area (TPSA) is 113 Å². The molecule has 1 aliphatic heterocycles. The standard InChI is InChI=1S/C29H27N3O6/c1-20(33)16-26(34)31-17-23(30-28(36)22-12-6-3-7-13-22)29(37)32(25-15-9-8-14-24(25)31)18-27(35)38-19-21-10-4-2-5-11-21/h2-15,23H,16-19H2,1H3,(H,30,36)/t23-/m0/s1. The first-order valence-electron chi connectivity index (χ1n) is 12.1. The number of Topliss-reactive ketones (excluding diaryl/α,β-unsaturated/α-hetero) is 1. The fourth-order valence-electron chi connectivity index (χ4n) is 4.15. The highest BCUT2D eigenvalue weighted by Crippen LogP contribution is 2.33. The van der Waals surface area contributed by atoms with Gasteiger partial charge in [-0.25, -0.2) is 0 Å². The fraction of sp³-hybridized carbons (Fsp3) is 0.207. The summed E-state index contributed by atoms with van der Waals surface area (Å²) >= 11 is 0. The Morgan fingerprint density at radius 2 is 1.47 bits per heavy atom. The van der Waals surface area contributed by atoms with Crippen LogP contribution in [0.3, 0.4) is 0 Å². The van der Waals surface area contributed by atoms with Crippen molar-refractivity contribution in [1.82, 2.24) is 5.32 Å². The first-order chi connectivity index (χ1) is 18.3. The minimum atomic E-state index is -1.19. The Kier molecular flexibility index (Phi) is 8.27. The van der Waals surface area contributed by atoms with E-state index in [4.69, 9.17) is 4.74 Å². The van der Waals surface area contributed by atoms with Crippen molar-refractivity contribution in [2.45, 2.75) is 26.0 Å². The molecule has 4 rings (SSSR count). The number of hydrogen-bond donors (Lipinski definition) is 1. The smallest absolute Gasteiger partial charge is 0.326 e. The molecule has 1 heterocycles. The van der Waals surface area contributed by atoms with Gasteiger partial charge in [-0.1, -0.05) is 60.7 Å². The van der Waals surface area contributed by atoms with Gasteiger partial charge in [0.05, 0.1) is 24.3 Å². The summed E-state index contributed by atoms with van der Waals surface area (Å²) in [6.45, 7) is 0.683.